The number of aromatic nitrogens is 1. The van der Waals surface area contributed by atoms with Crippen molar-refractivity contribution in [3.8, 4) is 0 Å². The first-order chi connectivity index (χ1) is 9.08. The lowest BCUT2D eigenvalue weighted by molar-refractivity contribution is 0.102. The van der Waals surface area contributed by atoms with E-state index in [0.717, 1.165) is 5.56 Å². The van der Waals surface area contributed by atoms with Gasteiger partial charge in [-0.25, -0.2) is 0 Å². The van der Waals surface area contributed by atoms with E-state index in [0.29, 0.717) is 16.8 Å². The fraction of sp³-hybridized carbons (Fsp3) is 0.0714. The highest BCUT2D eigenvalue weighted by Gasteiger charge is 2.09. The van der Waals surface area contributed by atoms with Crippen LogP contribution in [0.3, 0.4) is 0 Å². The first-order valence-electron chi connectivity index (χ1n) is 5.70. The number of aryl methyl sites for hydroxylation is 1. The fourth-order valence-corrected chi connectivity index (χ4v) is 1.73. The summed E-state index contributed by atoms with van der Waals surface area (Å²) in [6, 6.07) is 8.74. The van der Waals surface area contributed by atoms with Crippen molar-refractivity contribution in [1.82, 2.24) is 4.98 Å². The van der Waals surface area contributed by atoms with Gasteiger partial charge in [-0.05, 0) is 30.7 Å². The van der Waals surface area contributed by atoms with E-state index in [1.807, 2.05) is 13.0 Å². The number of rotatable bonds is 3. The van der Waals surface area contributed by atoms with Gasteiger partial charge in [-0.15, -0.1) is 0 Å². The maximum absolute atomic E-state index is 12.1. The first kappa shape index (κ1) is 13.2. The van der Waals surface area contributed by atoms with Gasteiger partial charge in [0, 0.05) is 17.3 Å². The van der Waals surface area contributed by atoms with E-state index >= 15 is 0 Å². The molecule has 5 heteroatoms. The number of nitrogens with one attached hydrogen (secondary N) is 1. The predicted octanol–water partition coefficient (Wildman–Crippen LogP) is 2.28. The molecule has 96 valence electrons. The summed E-state index contributed by atoms with van der Waals surface area (Å²) in [5, 5.41) is 2.81. The number of amides is 1. The molecule has 0 bridgehead atoms. The monoisotopic (exact) mass is 271 g/mol. The summed E-state index contributed by atoms with van der Waals surface area (Å²) < 4.78 is 0. The summed E-state index contributed by atoms with van der Waals surface area (Å²) in [4.78, 5) is 16.4. The summed E-state index contributed by atoms with van der Waals surface area (Å²) in [5.74, 6) is -0.214. The maximum Gasteiger partial charge on any atom is 0.255 e. The van der Waals surface area contributed by atoms with Crippen LogP contribution in [0.2, 0.25) is 0 Å². The van der Waals surface area contributed by atoms with Gasteiger partial charge in [-0.2, -0.15) is 0 Å². The summed E-state index contributed by atoms with van der Waals surface area (Å²) in [6.45, 7) is 1.91. The number of anilines is 1. The van der Waals surface area contributed by atoms with Crippen molar-refractivity contribution in [3.05, 3.63) is 59.4 Å². The molecule has 0 aliphatic heterocycles. The van der Waals surface area contributed by atoms with Crippen LogP contribution in [0.25, 0.3) is 0 Å². The van der Waals surface area contributed by atoms with Crippen LogP contribution in [-0.2, 0) is 0 Å². The molecule has 1 heterocycles. The number of carbonyl (C=O) groups is 1. The summed E-state index contributed by atoms with van der Waals surface area (Å²) >= 11 is 4.89. The molecule has 0 atom stereocenters. The lowest BCUT2D eigenvalue weighted by Gasteiger charge is -2.08. The van der Waals surface area contributed by atoms with Gasteiger partial charge in [-0.1, -0.05) is 24.4 Å². The second kappa shape index (κ2) is 5.58. The zero-order chi connectivity index (χ0) is 13.8. The van der Waals surface area contributed by atoms with Crippen LogP contribution in [-0.4, -0.2) is 15.9 Å². The zero-order valence-electron chi connectivity index (χ0n) is 10.4. The third kappa shape index (κ3) is 3.14. The number of thiocarbonyl (C=S) groups is 1. The Kier molecular flexibility index (Phi) is 3.87. The standard InChI is InChI=1S/C14H13N3OS/c1-9-5-6-16-8-12(9)17-14(18)11-4-2-3-10(7-11)13(15)19/h2-8H,1H3,(H2,15,19)(H,17,18). The second-order valence-corrected chi connectivity index (χ2v) is 4.53. The van der Waals surface area contributed by atoms with Crippen LogP contribution < -0.4 is 11.1 Å². The van der Waals surface area contributed by atoms with Gasteiger partial charge in [0.2, 0.25) is 0 Å². The highest BCUT2D eigenvalue weighted by molar-refractivity contribution is 7.80. The molecule has 1 amide bonds. The molecule has 0 aliphatic carbocycles. The molecule has 3 N–H and O–H groups in total. The number of nitrogens with two attached hydrogens (primary N) is 1. The molecular weight excluding hydrogens is 258 g/mol. The molecule has 2 rings (SSSR count). The molecule has 2 aromatic rings. The van der Waals surface area contributed by atoms with E-state index in [1.165, 1.54) is 0 Å². The smallest absolute Gasteiger partial charge is 0.255 e. The van der Waals surface area contributed by atoms with Gasteiger partial charge in [0.05, 0.1) is 11.9 Å². The highest BCUT2D eigenvalue weighted by Crippen LogP contribution is 2.14. The zero-order valence-corrected chi connectivity index (χ0v) is 11.2. The normalized spacial score (nSPS) is 9.95. The Morgan fingerprint density at radius 3 is 2.74 bits per heavy atom. The number of nitrogens with zero attached hydrogens (tertiary/aromatic N) is 1. The minimum absolute atomic E-state index is 0.214. The largest absolute Gasteiger partial charge is 0.389 e. The minimum Gasteiger partial charge on any atom is -0.389 e. The van der Waals surface area contributed by atoms with Crippen molar-refractivity contribution in [1.29, 1.82) is 0 Å². The fourth-order valence-electron chi connectivity index (χ4n) is 1.60. The molecule has 0 radical (unpaired) electrons. The Hall–Kier alpha value is -2.27. The lowest BCUT2D eigenvalue weighted by Crippen LogP contribution is -2.15. The van der Waals surface area contributed by atoms with Crippen molar-refractivity contribution >= 4 is 28.8 Å². The number of hydrogen-bond acceptors (Lipinski definition) is 3. The van der Waals surface area contributed by atoms with Crippen molar-refractivity contribution in [2.75, 3.05) is 5.32 Å². The highest BCUT2D eigenvalue weighted by atomic mass is 32.1. The number of pyridine rings is 1. The van der Waals surface area contributed by atoms with Crippen molar-refractivity contribution in [3.63, 3.8) is 0 Å². The molecule has 0 saturated carbocycles. The SMILES string of the molecule is Cc1ccncc1NC(=O)c1cccc(C(N)=S)c1. The van der Waals surface area contributed by atoms with E-state index in [1.54, 1.807) is 36.7 Å². The van der Waals surface area contributed by atoms with E-state index in [4.69, 9.17) is 18.0 Å². The van der Waals surface area contributed by atoms with Gasteiger partial charge in [0.1, 0.15) is 4.99 Å². The van der Waals surface area contributed by atoms with Gasteiger partial charge in [0.25, 0.3) is 5.91 Å². The summed E-state index contributed by atoms with van der Waals surface area (Å²) in [7, 11) is 0. The van der Waals surface area contributed by atoms with Crippen LogP contribution in [0.4, 0.5) is 5.69 Å². The molecular formula is C14H13N3OS. The van der Waals surface area contributed by atoms with Gasteiger partial charge in [-0.3, -0.25) is 9.78 Å². The average Bonchev–Trinajstić information content (AvgIpc) is 2.41. The van der Waals surface area contributed by atoms with Crippen LogP contribution in [0.1, 0.15) is 21.5 Å². The first-order valence-corrected chi connectivity index (χ1v) is 6.10. The van der Waals surface area contributed by atoms with Crippen molar-refractivity contribution in [2.45, 2.75) is 6.92 Å². The van der Waals surface area contributed by atoms with Crippen LogP contribution in [0.5, 0.6) is 0 Å². The molecule has 4 nitrogen and oxygen atoms in total. The third-order valence-electron chi connectivity index (χ3n) is 2.70. The van der Waals surface area contributed by atoms with Gasteiger partial charge >= 0.3 is 0 Å². The van der Waals surface area contributed by atoms with Crippen LogP contribution in [0.15, 0.2) is 42.7 Å². The van der Waals surface area contributed by atoms with E-state index in [-0.39, 0.29) is 10.9 Å². The Bertz CT molecular complexity index is 640. The number of carbonyl (C=O) groups excluding carboxylic acids is 1. The van der Waals surface area contributed by atoms with Crippen LogP contribution >= 0.6 is 12.2 Å². The molecule has 0 unspecified atom stereocenters. The quantitative estimate of drug-likeness (QED) is 0.840. The van der Waals surface area contributed by atoms with Crippen molar-refractivity contribution < 1.29 is 4.79 Å². The molecule has 0 aliphatic rings. The Labute approximate surface area is 116 Å². The minimum atomic E-state index is -0.214. The summed E-state index contributed by atoms with van der Waals surface area (Å²) in [5.41, 5.74) is 8.37. The average molecular weight is 271 g/mol. The molecule has 1 aromatic carbocycles. The molecule has 0 spiro atoms. The Balaban J connectivity index is 2.23. The predicted molar refractivity (Wildman–Crippen MR) is 79.3 cm³/mol. The lowest BCUT2D eigenvalue weighted by atomic mass is 10.1. The molecule has 1 aromatic heterocycles. The number of benzene rings is 1. The second-order valence-electron chi connectivity index (χ2n) is 4.09. The summed E-state index contributed by atoms with van der Waals surface area (Å²) in [6.07, 6.45) is 3.29. The van der Waals surface area contributed by atoms with Gasteiger partial charge < -0.3 is 11.1 Å². The molecule has 19 heavy (non-hydrogen) atoms. The molecule has 0 saturated heterocycles. The van der Waals surface area contributed by atoms with Crippen molar-refractivity contribution in [2.24, 2.45) is 5.73 Å². The topological polar surface area (TPSA) is 68.0 Å². The Morgan fingerprint density at radius 1 is 1.32 bits per heavy atom. The number of hydrogen-bond donors (Lipinski definition) is 2. The Morgan fingerprint density at radius 2 is 2.05 bits per heavy atom. The van der Waals surface area contributed by atoms with E-state index in [9.17, 15) is 4.79 Å². The third-order valence-corrected chi connectivity index (χ3v) is 2.93. The van der Waals surface area contributed by atoms with E-state index < -0.39 is 0 Å². The van der Waals surface area contributed by atoms with Gasteiger partial charge in [0.15, 0.2) is 0 Å². The maximum atomic E-state index is 12.1. The van der Waals surface area contributed by atoms with Crippen LogP contribution in [0, 0.1) is 6.92 Å². The molecule has 0 fully saturated rings. The van der Waals surface area contributed by atoms with E-state index in [2.05, 4.69) is 10.3 Å².